The lowest BCUT2D eigenvalue weighted by molar-refractivity contribution is -0.137. The van der Waals surface area contributed by atoms with E-state index in [4.69, 9.17) is 11.6 Å². The molecule has 3 rings (SSSR count). The molecule has 1 aliphatic heterocycles. The van der Waals surface area contributed by atoms with E-state index >= 15 is 0 Å². The summed E-state index contributed by atoms with van der Waals surface area (Å²) in [5.41, 5.74) is 1.21. The topological polar surface area (TPSA) is 23.6 Å². The van der Waals surface area contributed by atoms with Crippen molar-refractivity contribution in [1.29, 1.82) is 0 Å². The van der Waals surface area contributed by atoms with Crippen LogP contribution in [0, 0.1) is 11.8 Å². The fraction of sp³-hybridized carbons (Fsp3) is 0.632. The fourth-order valence-electron chi connectivity index (χ4n) is 3.64. The quantitative estimate of drug-likeness (QED) is 0.817. The second-order valence-electron chi connectivity index (χ2n) is 7.16. The van der Waals surface area contributed by atoms with Crippen molar-refractivity contribution in [2.75, 3.05) is 26.7 Å². The van der Waals surface area contributed by atoms with Crippen LogP contribution in [0.3, 0.4) is 0 Å². The van der Waals surface area contributed by atoms with Crippen LogP contribution >= 0.6 is 11.6 Å². The zero-order valence-electron chi connectivity index (χ0n) is 14.0. The maximum Gasteiger partial charge on any atom is 0.225 e. The molecule has 0 radical (unpaired) electrons. The zero-order valence-corrected chi connectivity index (χ0v) is 14.8. The molecule has 1 saturated carbocycles. The van der Waals surface area contributed by atoms with Gasteiger partial charge in [-0.3, -0.25) is 9.69 Å². The lowest BCUT2D eigenvalue weighted by Crippen LogP contribution is -2.42. The average molecular weight is 335 g/mol. The summed E-state index contributed by atoms with van der Waals surface area (Å²) in [5.74, 6) is 1.33. The van der Waals surface area contributed by atoms with Crippen molar-refractivity contribution in [1.82, 2.24) is 9.80 Å². The van der Waals surface area contributed by atoms with E-state index in [9.17, 15) is 4.79 Å². The predicted octanol–water partition coefficient (Wildman–Crippen LogP) is 3.81. The molecule has 1 aliphatic carbocycles. The molecule has 1 aromatic rings. The number of hydrogen-bond acceptors (Lipinski definition) is 2. The standard InChI is InChI=1S/C19H27ClN2O/c1-21(19(23)16-6-4-7-16)13-15-9-11-22(12-10-15)14-17-5-2-3-8-18(17)20/h2-3,5,8,15-16H,4,6-7,9-14H2,1H3. The number of piperidine rings is 1. The second kappa shape index (κ2) is 7.67. The van der Waals surface area contributed by atoms with Gasteiger partial charge in [0.05, 0.1) is 0 Å². The summed E-state index contributed by atoms with van der Waals surface area (Å²) in [5, 5.41) is 0.862. The Labute approximate surface area is 144 Å². The van der Waals surface area contributed by atoms with Gasteiger partial charge in [0.15, 0.2) is 0 Å². The Morgan fingerprint density at radius 2 is 1.91 bits per heavy atom. The molecule has 0 atom stereocenters. The lowest BCUT2D eigenvalue weighted by atomic mass is 9.84. The van der Waals surface area contributed by atoms with Crippen LogP contribution in [0.25, 0.3) is 0 Å². The van der Waals surface area contributed by atoms with Gasteiger partial charge in [0.1, 0.15) is 0 Å². The number of carbonyl (C=O) groups is 1. The van der Waals surface area contributed by atoms with E-state index in [1.165, 1.54) is 24.8 Å². The minimum Gasteiger partial charge on any atom is -0.345 e. The van der Waals surface area contributed by atoms with Gasteiger partial charge in [-0.25, -0.2) is 0 Å². The first-order chi connectivity index (χ1) is 11.1. The van der Waals surface area contributed by atoms with E-state index in [1.807, 2.05) is 24.1 Å². The molecule has 2 fully saturated rings. The van der Waals surface area contributed by atoms with Gasteiger partial charge in [-0.05, 0) is 56.3 Å². The molecule has 0 bridgehead atoms. The molecule has 0 N–H and O–H groups in total. The summed E-state index contributed by atoms with van der Waals surface area (Å²) < 4.78 is 0. The van der Waals surface area contributed by atoms with Crippen molar-refractivity contribution in [2.24, 2.45) is 11.8 Å². The highest BCUT2D eigenvalue weighted by molar-refractivity contribution is 6.31. The van der Waals surface area contributed by atoms with Crippen molar-refractivity contribution in [3.05, 3.63) is 34.9 Å². The number of amides is 1. The van der Waals surface area contributed by atoms with Crippen LogP contribution in [0.5, 0.6) is 0 Å². The Kier molecular flexibility index (Phi) is 5.60. The molecule has 126 valence electrons. The molecule has 1 amide bonds. The zero-order chi connectivity index (χ0) is 16.2. The van der Waals surface area contributed by atoms with Gasteiger partial charge in [-0.1, -0.05) is 36.2 Å². The van der Waals surface area contributed by atoms with Gasteiger partial charge in [0.25, 0.3) is 0 Å². The van der Waals surface area contributed by atoms with E-state index in [0.29, 0.717) is 17.7 Å². The number of likely N-dealkylation sites (tertiary alicyclic amines) is 1. The minimum absolute atomic E-state index is 0.320. The Hall–Kier alpha value is -1.06. The normalized spacial score (nSPS) is 20.3. The minimum atomic E-state index is 0.320. The molecule has 0 spiro atoms. The SMILES string of the molecule is CN(CC1CCN(Cc2ccccc2Cl)CC1)C(=O)C1CCC1. The second-order valence-corrected chi connectivity index (χ2v) is 7.56. The number of halogens is 1. The highest BCUT2D eigenvalue weighted by Gasteiger charge is 2.29. The van der Waals surface area contributed by atoms with Gasteiger partial charge < -0.3 is 4.90 Å². The third-order valence-electron chi connectivity index (χ3n) is 5.42. The Balaban J connectivity index is 1.43. The lowest BCUT2D eigenvalue weighted by Gasteiger charge is -2.36. The van der Waals surface area contributed by atoms with Crippen molar-refractivity contribution in [3.63, 3.8) is 0 Å². The average Bonchev–Trinajstić information content (AvgIpc) is 2.49. The van der Waals surface area contributed by atoms with E-state index in [-0.39, 0.29) is 0 Å². The number of carbonyl (C=O) groups excluding carboxylic acids is 1. The van der Waals surface area contributed by atoms with Crippen molar-refractivity contribution < 1.29 is 4.79 Å². The maximum atomic E-state index is 12.2. The molecule has 0 unspecified atom stereocenters. The van der Waals surface area contributed by atoms with E-state index in [0.717, 1.165) is 44.0 Å². The summed E-state index contributed by atoms with van der Waals surface area (Å²) in [7, 11) is 1.98. The van der Waals surface area contributed by atoms with Gasteiger partial charge >= 0.3 is 0 Å². The van der Waals surface area contributed by atoms with Gasteiger partial charge in [-0.15, -0.1) is 0 Å². The summed E-state index contributed by atoms with van der Waals surface area (Å²) in [4.78, 5) is 16.7. The molecule has 4 heteroatoms. The van der Waals surface area contributed by atoms with Gasteiger partial charge in [0, 0.05) is 31.1 Å². The van der Waals surface area contributed by atoms with Crippen molar-refractivity contribution in [3.8, 4) is 0 Å². The summed E-state index contributed by atoms with van der Waals surface area (Å²) >= 11 is 6.25. The highest BCUT2D eigenvalue weighted by Crippen LogP contribution is 2.29. The first-order valence-corrected chi connectivity index (χ1v) is 9.22. The van der Waals surface area contributed by atoms with Crippen molar-refractivity contribution in [2.45, 2.75) is 38.6 Å². The predicted molar refractivity (Wildman–Crippen MR) is 94.4 cm³/mol. The number of nitrogens with zero attached hydrogens (tertiary/aromatic N) is 2. The van der Waals surface area contributed by atoms with Crippen LogP contribution in [0.4, 0.5) is 0 Å². The first kappa shape index (κ1) is 16.8. The molecule has 1 heterocycles. The van der Waals surface area contributed by atoms with Crippen LogP contribution in [-0.4, -0.2) is 42.4 Å². The number of hydrogen-bond donors (Lipinski definition) is 0. The van der Waals surface area contributed by atoms with Gasteiger partial charge in [0.2, 0.25) is 5.91 Å². The number of rotatable bonds is 5. The van der Waals surface area contributed by atoms with Crippen LogP contribution < -0.4 is 0 Å². The Morgan fingerprint density at radius 3 is 2.52 bits per heavy atom. The van der Waals surface area contributed by atoms with Crippen LogP contribution in [0.15, 0.2) is 24.3 Å². The summed E-state index contributed by atoms with van der Waals surface area (Å²) in [6.45, 7) is 4.06. The number of benzene rings is 1. The van der Waals surface area contributed by atoms with Crippen LogP contribution in [-0.2, 0) is 11.3 Å². The van der Waals surface area contributed by atoms with E-state index < -0.39 is 0 Å². The fourth-order valence-corrected chi connectivity index (χ4v) is 3.83. The van der Waals surface area contributed by atoms with Crippen molar-refractivity contribution >= 4 is 17.5 Å². The summed E-state index contributed by atoms with van der Waals surface area (Å²) in [6, 6.07) is 8.10. The Morgan fingerprint density at radius 1 is 1.22 bits per heavy atom. The smallest absolute Gasteiger partial charge is 0.225 e. The molecule has 23 heavy (non-hydrogen) atoms. The maximum absolute atomic E-state index is 12.2. The molecular formula is C19H27ClN2O. The Bertz CT molecular complexity index is 536. The van der Waals surface area contributed by atoms with Gasteiger partial charge in [-0.2, -0.15) is 0 Å². The summed E-state index contributed by atoms with van der Waals surface area (Å²) in [6.07, 6.45) is 5.77. The molecular weight excluding hydrogens is 308 g/mol. The first-order valence-electron chi connectivity index (χ1n) is 8.84. The molecule has 2 aliphatic rings. The highest BCUT2D eigenvalue weighted by atomic mass is 35.5. The third-order valence-corrected chi connectivity index (χ3v) is 5.79. The molecule has 1 saturated heterocycles. The van der Waals surface area contributed by atoms with Crippen LogP contribution in [0.1, 0.15) is 37.7 Å². The van der Waals surface area contributed by atoms with E-state index in [1.54, 1.807) is 0 Å². The molecule has 0 aromatic heterocycles. The largest absolute Gasteiger partial charge is 0.345 e. The van der Waals surface area contributed by atoms with Crippen LogP contribution in [0.2, 0.25) is 5.02 Å². The molecule has 1 aromatic carbocycles. The monoisotopic (exact) mass is 334 g/mol. The van der Waals surface area contributed by atoms with E-state index in [2.05, 4.69) is 17.0 Å². The molecule has 3 nitrogen and oxygen atoms in total. The third kappa shape index (κ3) is 4.27.